The topological polar surface area (TPSA) is 111 Å². The molecule has 0 aromatic heterocycles. The first kappa shape index (κ1) is 20.8. The first-order valence-corrected chi connectivity index (χ1v) is 7.96. The lowest BCUT2D eigenvalue weighted by atomic mass is 10.1. The van der Waals surface area contributed by atoms with Crippen LogP contribution in [0.1, 0.15) is 15.9 Å². The zero-order chi connectivity index (χ0) is 15.9. The van der Waals surface area contributed by atoms with E-state index in [1.165, 1.54) is 12.1 Å². The lowest BCUT2D eigenvalue weighted by molar-refractivity contribution is 0.0999. The third-order valence-corrected chi connectivity index (χ3v) is 4.32. The van der Waals surface area contributed by atoms with Crippen molar-refractivity contribution in [3.8, 4) is 0 Å². The Balaban J connectivity index is 0.00000441. The van der Waals surface area contributed by atoms with Gasteiger partial charge in [-0.25, -0.2) is 13.1 Å². The molecule has 0 aliphatic carbocycles. The van der Waals surface area contributed by atoms with Crippen molar-refractivity contribution in [1.82, 2.24) is 10.0 Å². The van der Waals surface area contributed by atoms with Crippen LogP contribution in [0, 0.1) is 6.92 Å². The van der Waals surface area contributed by atoms with Crippen LogP contribution in [0.5, 0.6) is 0 Å². The Morgan fingerprint density at radius 2 is 1.95 bits per heavy atom. The minimum atomic E-state index is -3.65. The molecule has 1 rings (SSSR count). The second-order valence-electron chi connectivity index (χ2n) is 4.48. The van der Waals surface area contributed by atoms with Crippen molar-refractivity contribution >= 4 is 28.3 Å². The molecule has 22 heavy (non-hydrogen) atoms. The van der Waals surface area contributed by atoms with Gasteiger partial charge in [0.1, 0.15) is 0 Å². The number of aryl methyl sites for hydroxylation is 1. The van der Waals surface area contributed by atoms with Crippen molar-refractivity contribution < 1.29 is 17.9 Å². The van der Waals surface area contributed by atoms with Gasteiger partial charge >= 0.3 is 0 Å². The number of carbonyl (C=O) groups excluding carboxylic acids is 1. The number of carbonyl (C=O) groups is 1. The third-order valence-electron chi connectivity index (χ3n) is 2.86. The minimum Gasteiger partial charge on any atom is -0.383 e. The van der Waals surface area contributed by atoms with Crippen molar-refractivity contribution in [2.24, 2.45) is 5.73 Å². The molecular formula is C13H22ClN3O4S. The summed E-state index contributed by atoms with van der Waals surface area (Å²) in [6.07, 6.45) is 0. The van der Waals surface area contributed by atoms with Crippen molar-refractivity contribution in [2.75, 3.05) is 33.4 Å². The van der Waals surface area contributed by atoms with E-state index >= 15 is 0 Å². The number of nitrogens with one attached hydrogen (secondary N) is 2. The number of hydrogen-bond donors (Lipinski definition) is 3. The molecule has 126 valence electrons. The van der Waals surface area contributed by atoms with Crippen molar-refractivity contribution in [2.45, 2.75) is 11.8 Å². The molecule has 0 aliphatic rings. The zero-order valence-electron chi connectivity index (χ0n) is 12.6. The van der Waals surface area contributed by atoms with E-state index in [0.717, 1.165) is 0 Å². The van der Waals surface area contributed by atoms with Crippen LogP contribution in [-0.4, -0.2) is 47.7 Å². The summed E-state index contributed by atoms with van der Waals surface area (Å²) in [5.41, 5.74) is 6.06. The summed E-state index contributed by atoms with van der Waals surface area (Å²) < 4.78 is 31.5. The van der Waals surface area contributed by atoms with Gasteiger partial charge in [0.05, 0.1) is 11.5 Å². The van der Waals surface area contributed by atoms with Crippen LogP contribution < -0.4 is 15.8 Å². The van der Waals surface area contributed by atoms with Gasteiger partial charge in [-0.2, -0.15) is 0 Å². The zero-order valence-corrected chi connectivity index (χ0v) is 14.2. The Bertz CT molecular complexity index is 593. The second-order valence-corrected chi connectivity index (χ2v) is 6.25. The van der Waals surface area contributed by atoms with E-state index in [9.17, 15) is 13.2 Å². The third kappa shape index (κ3) is 6.29. The SMILES string of the molecule is COCCNCCNS(=O)(=O)c1ccc(C)c(C(N)=O)c1.Cl. The fraction of sp³-hybridized carbons (Fsp3) is 0.462. The van der Waals surface area contributed by atoms with Crippen molar-refractivity contribution in [3.63, 3.8) is 0 Å². The molecule has 0 spiro atoms. The maximum Gasteiger partial charge on any atom is 0.249 e. The van der Waals surface area contributed by atoms with Crippen LogP contribution in [0.2, 0.25) is 0 Å². The molecule has 7 nitrogen and oxygen atoms in total. The quantitative estimate of drug-likeness (QED) is 0.544. The summed E-state index contributed by atoms with van der Waals surface area (Å²) >= 11 is 0. The molecule has 1 amide bonds. The number of halogens is 1. The molecule has 0 fully saturated rings. The number of rotatable bonds is 9. The summed E-state index contributed by atoms with van der Waals surface area (Å²) in [4.78, 5) is 11.3. The van der Waals surface area contributed by atoms with E-state index in [1.54, 1.807) is 20.1 Å². The number of nitrogens with two attached hydrogens (primary N) is 1. The molecule has 0 bridgehead atoms. The molecule has 0 saturated carbocycles. The van der Waals surface area contributed by atoms with Crippen LogP contribution in [0.3, 0.4) is 0 Å². The summed E-state index contributed by atoms with van der Waals surface area (Å²) in [7, 11) is -2.06. The van der Waals surface area contributed by atoms with Crippen LogP contribution in [0.4, 0.5) is 0 Å². The standard InChI is InChI=1S/C13H21N3O4S.ClH/c1-10-3-4-11(9-12(10)13(14)17)21(18,19)16-6-5-15-7-8-20-2;/h3-4,9,15-16H,5-8H2,1-2H3,(H2,14,17);1H. The number of ether oxygens (including phenoxy) is 1. The van der Waals surface area contributed by atoms with Crippen LogP contribution in [-0.2, 0) is 14.8 Å². The van der Waals surface area contributed by atoms with Gasteiger partial charge in [0.15, 0.2) is 0 Å². The Morgan fingerprint density at radius 1 is 1.27 bits per heavy atom. The first-order chi connectivity index (χ1) is 9.88. The Kier molecular flexibility index (Phi) is 9.22. The van der Waals surface area contributed by atoms with E-state index < -0.39 is 15.9 Å². The Hall–Kier alpha value is -1.19. The maximum absolute atomic E-state index is 12.1. The highest BCUT2D eigenvalue weighted by molar-refractivity contribution is 7.89. The van der Waals surface area contributed by atoms with E-state index in [0.29, 0.717) is 25.3 Å². The van der Waals surface area contributed by atoms with Crippen molar-refractivity contribution in [3.05, 3.63) is 29.3 Å². The Labute approximate surface area is 137 Å². The van der Waals surface area contributed by atoms with Crippen LogP contribution in [0.15, 0.2) is 23.1 Å². The molecule has 0 saturated heterocycles. The average Bonchev–Trinajstić information content (AvgIpc) is 2.42. The van der Waals surface area contributed by atoms with Gasteiger partial charge in [0.25, 0.3) is 0 Å². The Morgan fingerprint density at radius 3 is 2.55 bits per heavy atom. The van der Waals surface area contributed by atoms with E-state index in [-0.39, 0.29) is 29.4 Å². The maximum atomic E-state index is 12.1. The highest BCUT2D eigenvalue weighted by atomic mass is 35.5. The fourth-order valence-corrected chi connectivity index (χ4v) is 2.75. The normalized spacial score (nSPS) is 11.0. The first-order valence-electron chi connectivity index (χ1n) is 6.48. The molecule has 0 radical (unpaired) electrons. The van der Waals surface area contributed by atoms with Gasteiger partial charge in [0.2, 0.25) is 15.9 Å². The van der Waals surface area contributed by atoms with Crippen LogP contribution >= 0.6 is 12.4 Å². The molecule has 9 heteroatoms. The predicted octanol–water partition coefficient (Wildman–Crippen LogP) is 0.0300. The fourth-order valence-electron chi connectivity index (χ4n) is 1.69. The van der Waals surface area contributed by atoms with Gasteiger partial charge < -0.3 is 15.8 Å². The summed E-state index contributed by atoms with van der Waals surface area (Å²) in [6.45, 7) is 3.63. The molecule has 4 N–H and O–H groups in total. The monoisotopic (exact) mass is 351 g/mol. The van der Waals surface area contributed by atoms with Gasteiger partial charge in [-0.15, -0.1) is 12.4 Å². The molecule has 0 aliphatic heterocycles. The van der Waals surface area contributed by atoms with Gasteiger partial charge in [-0.3, -0.25) is 4.79 Å². The van der Waals surface area contributed by atoms with E-state index in [4.69, 9.17) is 10.5 Å². The molecule has 0 unspecified atom stereocenters. The molecule has 0 heterocycles. The predicted molar refractivity (Wildman–Crippen MR) is 86.9 cm³/mol. The lowest BCUT2D eigenvalue weighted by Gasteiger charge is -2.09. The molecular weight excluding hydrogens is 330 g/mol. The number of sulfonamides is 1. The number of benzene rings is 1. The van der Waals surface area contributed by atoms with Gasteiger partial charge in [-0.1, -0.05) is 6.07 Å². The number of methoxy groups -OCH3 is 1. The average molecular weight is 352 g/mol. The smallest absolute Gasteiger partial charge is 0.249 e. The minimum absolute atomic E-state index is 0. The number of primary amides is 1. The summed E-state index contributed by atoms with van der Waals surface area (Å²) in [5, 5.41) is 3.02. The summed E-state index contributed by atoms with van der Waals surface area (Å²) in [5.74, 6) is -0.647. The largest absolute Gasteiger partial charge is 0.383 e. The van der Waals surface area contributed by atoms with Crippen molar-refractivity contribution in [1.29, 1.82) is 0 Å². The van der Waals surface area contributed by atoms with E-state index in [1.807, 2.05) is 0 Å². The number of amides is 1. The van der Waals surface area contributed by atoms with Gasteiger partial charge in [0, 0.05) is 32.3 Å². The highest BCUT2D eigenvalue weighted by Crippen LogP contribution is 2.15. The van der Waals surface area contributed by atoms with Crippen LogP contribution in [0.25, 0.3) is 0 Å². The molecule has 1 aromatic carbocycles. The highest BCUT2D eigenvalue weighted by Gasteiger charge is 2.16. The molecule has 1 aromatic rings. The summed E-state index contributed by atoms with van der Waals surface area (Å²) in [6, 6.07) is 4.30. The van der Waals surface area contributed by atoms with Gasteiger partial charge in [-0.05, 0) is 24.6 Å². The second kappa shape index (κ2) is 9.75. The van der Waals surface area contributed by atoms with E-state index in [2.05, 4.69) is 10.0 Å². The number of hydrogen-bond acceptors (Lipinski definition) is 5. The lowest BCUT2D eigenvalue weighted by Crippen LogP contribution is -2.33. The molecule has 0 atom stereocenters.